The average molecular weight is 323 g/mol. The zero-order chi connectivity index (χ0) is 13.9. The molecule has 0 aliphatic carbocycles. The Morgan fingerprint density at radius 2 is 2.16 bits per heavy atom. The molecule has 3 nitrogen and oxygen atoms in total. The van der Waals surface area contributed by atoms with Gasteiger partial charge in [-0.2, -0.15) is 0 Å². The second kappa shape index (κ2) is 5.97. The van der Waals surface area contributed by atoms with Crippen molar-refractivity contribution in [3.8, 4) is 0 Å². The Balaban J connectivity index is 2.17. The predicted octanol–water partition coefficient (Wildman–Crippen LogP) is 3.17. The molecule has 0 spiro atoms. The van der Waals surface area contributed by atoms with Crippen LogP contribution in [0.2, 0.25) is 0 Å². The molecule has 1 aliphatic rings. The van der Waals surface area contributed by atoms with Crippen LogP contribution in [0, 0.1) is 5.92 Å². The molecule has 102 valence electrons. The van der Waals surface area contributed by atoms with Gasteiger partial charge in [0.1, 0.15) is 4.60 Å². The van der Waals surface area contributed by atoms with Gasteiger partial charge in [0.25, 0.3) is 0 Å². The standard InChI is InChI=1S/C15H19BrN2O/c1-11(12(2)19)9-15(7-4-8-17-15)10-13-5-3-6-14(16)18-13/h3-8,11-12,19H,9-10H2,1-2H3. The van der Waals surface area contributed by atoms with Crippen molar-refractivity contribution in [1.82, 2.24) is 4.98 Å². The summed E-state index contributed by atoms with van der Waals surface area (Å²) in [6.07, 6.45) is 7.20. The summed E-state index contributed by atoms with van der Waals surface area (Å²) in [7, 11) is 0. The molecule has 0 bridgehead atoms. The zero-order valence-corrected chi connectivity index (χ0v) is 12.8. The Kier molecular flexibility index (Phi) is 4.53. The Morgan fingerprint density at radius 1 is 1.37 bits per heavy atom. The van der Waals surface area contributed by atoms with Crippen molar-refractivity contribution in [2.75, 3.05) is 0 Å². The summed E-state index contributed by atoms with van der Waals surface area (Å²) in [4.78, 5) is 9.09. The maximum Gasteiger partial charge on any atom is 0.106 e. The van der Waals surface area contributed by atoms with E-state index in [1.807, 2.05) is 37.4 Å². The van der Waals surface area contributed by atoms with Gasteiger partial charge in [-0.15, -0.1) is 0 Å². The minimum absolute atomic E-state index is 0.201. The number of hydrogen-bond acceptors (Lipinski definition) is 3. The topological polar surface area (TPSA) is 45.5 Å². The number of aliphatic hydroxyl groups excluding tert-OH is 1. The van der Waals surface area contributed by atoms with Crippen molar-refractivity contribution in [2.24, 2.45) is 10.9 Å². The fourth-order valence-electron chi connectivity index (χ4n) is 2.34. The lowest BCUT2D eigenvalue weighted by Crippen LogP contribution is -2.31. The predicted molar refractivity (Wildman–Crippen MR) is 81.5 cm³/mol. The van der Waals surface area contributed by atoms with Crippen molar-refractivity contribution < 1.29 is 5.11 Å². The summed E-state index contributed by atoms with van der Waals surface area (Å²) in [6, 6.07) is 5.92. The zero-order valence-electron chi connectivity index (χ0n) is 11.3. The quantitative estimate of drug-likeness (QED) is 0.846. The molecule has 1 aliphatic heterocycles. The van der Waals surface area contributed by atoms with E-state index in [4.69, 9.17) is 0 Å². The van der Waals surface area contributed by atoms with Crippen LogP contribution >= 0.6 is 15.9 Å². The Morgan fingerprint density at radius 3 is 2.74 bits per heavy atom. The van der Waals surface area contributed by atoms with Gasteiger partial charge in [-0.3, -0.25) is 4.99 Å². The Hall–Kier alpha value is -1.00. The van der Waals surface area contributed by atoms with Gasteiger partial charge in [0, 0.05) is 18.3 Å². The van der Waals surface area contributed by atoms with Crippen molar-refractivity contribution in [2.45, 2.75) is 38.3 Å². The number of allylic oxidation sites excluding steroid dienone is 1. The third-order valence-corrected chi connectivity index (χ3v) is 4.02. The third kappa shape index (κ3) is 3.74. The molecule has 2 rings (SSSR count). The van der Waals surface area contributed by atoms with Gasteiger partial charge in [0.2, 0.25) is 0 Å². The van der Waals surface area contributed by atoms with E-state index >= 15 is 0 Å². The van der Waals surface area contributed by atoms with Gasteiger partial charge in [-0.1, -0.05) is 19.1 Å². The maximum absolute atomic E-state index is 9.71. The number of hydrogen-bond donors (Lipinski definition) is 1. The van der Waals surface area contributed by atoms with Crippen LogP contribution < -0.4 is 0 Å². The molecule has 0 saturated heterocycles. The monoisotopic (exact) mass is 322 g/mol. The molecule has 0 fully saturated rings. The van der Waals surface area contributed by atoms with Gasteiger partial charge in [0.15, 0.2) is 0 Å². The second-order valence-electron chi connectivity index (χ2n) is 5.29. The largest absolute Gasteiger partial charge is 0.393 e. The van der Waals surface area contributed by atoms with Crippen LogP contribution in [0.3, 0.4) is 0 Å². The molecule has 0 radical (unpaired) electrons. The van der Waals surface area contributed by atoms with Gasteiger partial charge in [-0.05, 0) is 53.4 Å². The molecule has 3 atom stereocenters. The molecule has 1 N–H and O–H groups in total. The van der Waals surface area contributed by atoms with E-state index in [1.165, 1.54) is 0 Å². The van der Waals surface area contributed by atoms with Gasteiger partial charge in [-0.25, -0.2) is 4.98 Å². The van der Waals surface area contributed by atoms with Crippen LogP contribution in [0.25, 0.3) is 0 Å². The molecule has 0 aromatic carbocycles. The van der Waals surface area contributed by atoms with Crippen molar-refractivity contribution in [3.05, 3.63) is 40.6 Å². The SMILES string of the molecule is CC(O)C(C)CC1(Cc2cccc(Br)n2)C=CC=N1. The van der Waals surface area contributed by atoms with Crippen LogP contribution in [-0.4, -0.2) is 27.9 Å². The maximum atomic E-state index is 9.71. The fourth-order valence-corrected chi connectivity index (χ4v) is 2.73. The molecule has 1 aromatic rings. The minimum Gasteiger partial charge on any atom is -0.393 e. The first-order valence-corrected chi connectivity index (χ1v) is 7.33. The van der Waals surface area contributed by atoms with Crippen LogP contribution in [-0.2, 0) is 6.42 Å². The number of rotatable bonds is 5. The van der Waals surface area contributed by atoms with E-state index in [1.54, 1.807) is 0 Å². The van der Waals surface area contributed by atoms with Crippen molar-refractivity contribution >= 4 is 22.1 Å². The summed E-state index contributed by atoms with van der Waals surface area (Å²) in [5, 5.41) is 9.71. The van der Waals surface area contributed by atoms with Crippen molar-refractivity contribution in [3.63, 3.8) is 0 Å². The summed E-state index contributed by atoms with van der Waals surface area (Å²) >= 11 is 3.40. The molecular formula is C15H19BrN2O. The molecule has 3 unspecified atom stereocenters. The highest BCUT2D eigenvalue weighted by atomic mass is 79.9. The molecule has 0 saturated carbocycles. The van der Waals surface area contributed by atoms with Gasteiger partial charge < -0.3 is 5.11 Å². The Labute approximate surface area is 122 Å². The summed E-state index contributed by atoms with van der Waals surface area (Å²) in [5.41, 5.74) is 0.750. The van der Waals surface area contributed by atoms with E-state index in [0.717, 1.165) is 23.1 Å². The normalized spacial score (nSPS) is 24.6. The van der Waals surface area contributed by atoms with Crippen LogP contribution in [0.15, 0.2) is 39.9 Å². The van der Waals surface area contributed by atoms with Gasteiger partial charge >= 0.3 is 0 Å². The lowest BCUT2D eigenvalue weighted by molar-refractivity contribution is 0.119. The fraction of sp³-hybridized carbons (Fsp3) is 0.467. The van der Waals surface area contributed by atoms with E-state index in [9.17, 15) is 5.11 Å². The molecule has 19 heavy (non-hydrogen) atoms. The van der Waals surface area contributed by atoms with E-state index in [-0.39, 0.29) is 17.6 Å². The lowest BCUT2D eigenvalue weighted by Gasteiger charge is -2.28. The number of aliphatic hydroxyl groups is 1. The Bertz CT molecular complexity index is 485. The highest BCUT2D eigenvalue weighted by molar-refractivity contribution is 9.10. The highest BCUT2D eigenvalue weighted by Crippen LogP contribution is 2.31. The number of aromatic nitrogens is 1. The molecule has 2 heterocycles. The smallest absolute Gasteiger partial charge is 0.106 e. The third-order valence-electron chi connectivity index (χ3n) is 3.58. The number of halogens is 1. The molecule has 1 aromatic heterocycles. The molecule has 4 heteroatoms. The minimum atomic E-state index is -0.323. The number of pyridine rings is 1. The van der Waals surface area contributed by atoms with Gasteiger partial charge in [0.05, 0.1) is 11.6 Å². The van der Waals surface area contributed by atoms with E-state index in [2.05, 4.69) is 38.9 Å². The van der Waals surface area contributed by atoms with E-state index < -0.39 is 0 Å². The first-order valence-electron chi connectivity index (χ1n) is 6.53. The van der Waals surface area contributed by atoms with Crippen LogP contribution in [0.1, 0.15) is 26.0 Å². The van der Waals surface area contributed by atoms with E-state index in [0.29, 0.717) is 0 Å². The number of nitrogens with zero attached hydrogens (tertiary/aromatic N) is 2. The van der Waals surface area contributed by atoms with Crippen LogP contribution in [0.5, 0.6) is 0 Å². The summed E-state index contributed by atoms with van der Waals surface area (Å²) in [6.45, 7) is 3.89. The van der Waals surface area contributed by atoms with Crippen molar-refractivity contribution in [1.29, 1.82) is 0 Å². The first-order chi connectivity index (χ1) is 9.01. The first kappa shape index (κ1) is 14.4. The highest BCUT2D eigenvalue weighted by Gasteiger charge is 2.32. The summed E-state index contributed by atoms with van der Waals surface area (Å²) in [5.74, 6) is 0.201. The van der Waals surface area contributed by atoms with Crippen LogP contribution in [0.4, 0.5) is 0 Å². The lowest BCUT2D eigenvalue weighted by atomic mass is 9.83. The number of aliphatic imine (C=N–C) groups is 1. The molecule has 0 amide bonds. The second-order valence-corrected chi connectivity index (χ2v) is 6.10. The summed E-state index contributed by atoms with van der Waals surface area (Å²) < 4.78 is 0.842. The average Bonchev–Trinajstić information content (AvgIpc) is 2.77. The molecular weight excluding hydrogens is 304 g/mol.